The largest absolute Gasteiger partial charge is 0.444 e. The van der Waals surface area contributed by atoms with Crippen molar-refractivity contribution in [1.29, 1.82) is 0 Å². The Morgan fingerprint density at radius 1 is 1.62 bits per heavy atom. The molecule has 0 fully saturated rings. The van der Waals surface area contributed by atoms with Crippen LogP contribution in [0.3, 0.4) is 0 Å². The van der Waals surface area contributed by atoms with Crippen molar-refractivity contribution in [3.8, 4) is 12.0 Å². The molecule has 0 radical (unpaired) electrons. The van der Waals surface area contributed by atoms with Gasteiger partial charge in [-0.3, -0.25) is 0 Å². The van der Waals surface area contributed by atoms with Gasteiger partial charge in [0, 0.05) is 0 Å². The van der Waals surface area contributed by atoms with Gasteiger partial charge in [-0.1, -0.05) is 22.6 Å². The molecule has 0 amide bonds. The van der Waals surface area contributed by atoms with Crippen LogP contribution < -0.4 is 0 Å². The first-order valence-corrected chi connectivity index (χ1v) is 3.99. The summed E-state index contributed by atoms with van der Waals surface area (Å²) in [5.41, 5.74) is 0. The molecule has 8 heavy (non-hydrogen) atoms. The Hall–Kier alpha value is 0.0900. The fraction of sp³-hybridized carbons (Fsp3) is 0.667. The number of hydrogen-bond donors (Lipinski definition) is 0. The van der Waals surface area contributed by atoms with Crippen molar-refractivity contribution in [3.05, 3.63) is 0 Å². The maximum atomic E-state index is 4.92. The van der Waals surface area contributed by atoms with E-state index in [4.69, 9.17) is 4.74 Å². The van der Waals surface area contributed by atoms with E-state index in [-0.39, 0.29) is 6.10 Å². The van der Waals surface area contributed by atoms with Crippen LogP contribution in [0, 0.1) is 12.0 Å². The summed E-state index contributed by atoms with van der Waals surface area (Å²) in [7, 11) is 0. The summed E-state index contributed by atoms with van der Waals surface area (Å²) in [5, 5.41) is 0. The topological polar surface area (TPSA) is 9.23 Å². The van der Waals surface area contributed by atoms with Crippen LogP contribution in [0.15, 0.2) is 0 Å². The van der Waals surface area contributed by atoms with Gasteiger partial charge >= 0.3 is 0 Å². The maximum Gasteiger partial charge on any atom is 0.111 e. The van der Waals surface area contributed by atoms with E-state index in [2.05, 4.69) is 34.6 Å². The third kappa shape index (κ3) is 6.09. The highest BCUT2D eigenvalue weighted by Gasteiger charge is 1.83. The van der Waals surface area contributed by atoms with Gasteiger partial charge in [0.15, 0.2) is 0 Å². The number of ether oxygens (including phenoxy) is 1. The molecule has 0 aromatic carbocycles. The second-order valence-electron chi connectivity index (χ2n) is 1.58. The van der Waals surface area contributed by atoms with Crippen LogP contribution in [0.5, 0.6) is 0 Å². The zero-order valence-corrected chi connectivity index (χ0v) is 7.23. The van der Waals surface area contributed by atoms with Gasteiger partial charge in [-0.2, -0.15) is 0 Å². The molecule has 0 saturated heterocycles. The first-order valence-electron chi connectivity index (χ1n) is 2.47. The molecule has 0 saturated carbocycles. The molecule has 0 spiro atoms. The molecule has 1 nitrogen and oxygen atoms in total. The molecule has 0 N–H and O–H groups in total. The minimum atomic E-state index is 0.227. The standard InChI is InChI=1S/C6H9IO/c1-6(2)8-5-3-4-7/h6H,4H2,1-2H3. The second-order valence-corrected chi connectivity index (χ2v) is 2.34. The first kappa shape index (κ1) is 8.09. The molecule has 0 rings (SSSR count). The zero-order valence-electron chi connectivity index (χ0n) is 5.07. The number of alkyl halides is 1. The third-order valence-corrected chi connectivity index (χ3v) is 0.815. The van der Waals surface area contributed by atoms with Crippen molar-refractivity contribution in [2.24, 2.45) is 0 Å². The second kappa shape index (κ2) is 5.23. The van der Waals surface area contributed by atoms with E-state index in [0.717, 1.165) is 4.43 Å². The normalized spacial score (nSPS) is 8.00. The number of halogens is 1. The average Bonchev–Trinajstić information content (AvgIpc) is 1.66. The molecule has 2 heteroatoms. The van der Waals surface area contributed by atoms with Crippen LogP contribution in [-0.4, -0.2) is 10.5 Å². The molecule has 0 unspecified atom stereocenters. The molecule has 0 aromatic heterocycles. The monoisotopic (exact) mass is 224 g/mol. The summed E-state index contributed by atoms with van der Waals surface area (Å²) in [6.45, 7) is 3.92. The summed E-state index contributed by atoms with van der Waals surface area (Å²) in [5.74, 6) is 2.79. The summed E-state index contributed by atoms with van der Waals surface area (Å²) >= 11 is 2.18. The summed E-state index contributed by atoms with van der Waals surface area (Å²) in [4.78, 5) is 0. The van der Waals surface area contributed by atoms with Gasteiger partial charge in [-0.25, -0.2) is 0 Å². The molecule has 0 bridgehead atoms. The lowest BCUT2D eigenvalue weighted by Gasteiger charge is -1.96. The average molecular weight is 224 g/mol. The van der Waals surface area contributed by atoms with E-state index in [1.54, 1.807) is 0 Å². The van der Waals surface area contributed by atoms with Crippen molar-refractivity contribution in [2.75, 3.05) is 4.43 Å². The van der Waals surface area contributed by atoms with Crippen LogP contribution >= 0.6 is 22.6 Å². The molecule has 0 atom stereocenters. The third-order valence-electron chi connectivity index (χ3n) is 0.434. The quantitative estimate of drug-likeness (QED) is 0.375. The van der Waals surface area contributed by atoms with Crippen LogP contribution in [-0.2, 0) is 4.74 Å². The Kier molecular flexibility index (Phi) is 5.29. The van der Waals surface area contributed by atoms with Gasteiger partial charge in [0.05, 0.1) is 4.43 Å². The lowest BCUT2D eigenvalue weighted by molar-refractivity contribution is 0.204. The molecular formula is C6H9IO. The lowest BCUT2D eigenvalue weighted by atomic mass is 10.5. The fourth-order valence-electron chi connectivity index (χ4n) is 0.187. The molecule has 0 aliphatic rings. The first-order chi connectivity index (χ1) is 3.77. The Balaban J connectivity index is 3.15. The Morgan fingerprint density at radius 3 is 2.62 bits per heavy atom. The highest BCUT2D eigenvalue weighted by Crippen LogP contribution is 1.83. The minimum Gasteiger partial charge on any atom is -0.444 e. The predicted octanol–water partition coefficient (Wildman–Crippen LogP) is 1.81. The summed E-state index contributed by atoms with van der Waals surface area (Å²) in [6, 6.07) is 0. The molecule has 0 heterocycles. The van der Waals surface area contributed by atoms with Crippen molar-refractivity contribution in [2.45, 2.75) is 20.0 Å². The molecule has 0 aliphatic carbocycles. The molecule has 0 aliphatic heterocycles. The molecular weight excluding hydrogens is 215 g/mol. The molecule has 0 aromatic rings. The van der Waals surface area contributed by atoms with E-state index in [9.17, 15) is 0 Å². The van der Waals surface area contributed by atoms with Gasteiger partial charge in [0.1, 0.15) is 12.2 Å². The summed E-state index contributed by atoms with van der Waals surface area (Å²) < 4.78 is 5.75. The van der Waals surface area contributed by atoms with E-state index in [1.165, 1.54) is 0 Å². The van der Waals surface area contributed by atoms with Gasteiger partial charge < -0.3 is 4.74 Å². The minimum absolute atomic E-state index is 0.227. The predicted molar refractivity (Wildman–Crippen MR) is 42.9 cm³/mol. The number of hydrogen-bond acceptors (Lipinski definition) is 1. The van der Waals surface area contributed by atoms with Crippen LogP contribution in [0.4, 0.5) is 0 Å². The number of rotatable bonds is 1. The lowest BCUT2D eigenvalue weighted by Crippen LogP contribution is -1.94. The van der Waals surface area contributed by atoms with E-state index in [0.29, 0.717) is 0 Å². The maximum absolute atomic E-state index is 4.92. The van der Waals surface area contributed by atoms with E-state index in [1.807, 2.05) is 13.8 Å². The van der Waals surface area contributed by atoms with Gasteiger partial charge in [0.2, 0.25) is 0 Å². The smallest absolute Gasteiger partial charge is 0.111 e. The van der Waals surface area contributed by atoms with E-state index >= 15 is 0 Å². The van der Waals surface area contributed by atoms with Crippen molar-refractivity contribution < 1.29 is 4.74 Å². The highest BCUT2D eigenvalue weighted by molar-refractivity contribution is 14.1. The van der Waals surface area contributed by atoms with Gasteiger partial charge in [-0.15, -0.1) is 0 Å². The van der Waals surface area contributed by atoms with Crippen LogP contribution in [0.1, 0.15) is 13.8 Å². The van der Waals surface area contributed by atoms with Crippen molar-refractivity contribution in [3.63, 3.8) is 0 Å². The van der Waals surface area contributed by atoms with Crippen molar-refractivity contribution >= 4 is 22.6 Å². The zero-order chi connectivity index (χ0) is 6.41. The van der Waals surface area contributed by atoms with E-state index < -0.39 is 0 Å². The van der Waals surface area contributed by atoms with Gasteiger partial charge in [0.25, 0.3) is 0 Å². The SMILES string of the molecule is CC(C)OC#CCI. The van der Waals surface area contributed by atoms with Crippen LogP contribution in [0.2, 0.25) is 0 Å². The van der Waals surface area contributed by atoms with Gasteiger partial charge in [-0.05, 0) is 19.8 Å². The Labute approximate surface area is 63.9 Å². The Morgan fingerprint density at radius 2 is 2.25 bits per heavy atom. The fourth-order valence-corrected chi connectivity index (χ4v) is 0.342. The summed E-state index contributed by atoms with van der Waals surface area (Å²) in [6.07, 6.45) is 2.80. The van der Waals surface area contributed by atoms with Crippen molar-refractivity contribution in [1.82, 2.24) is 0 Å². The highest BCUT2D eigenvalue weighted by atomic mass is 127. The Bertz CT molecular complexity index is 98.8. The molecule has 46 valence electrons. The van der Waals surface area contributed by atoms with Crippen LogP contribution in [0.25, 0.3) is 0 Å².